The molecule has 0 N–H and O–H groups in total. The van der Waals surface area contributed by atoms with Gasteiger partial charge in [-0.25, -0.2) is 0 Å². The lowest BCUT2D eigenvalue weighted by Crippen LogP contribution is -2.33. The monoisotopic (exact) mass is 231 g/mol. The molecule has 0 aliphatic carbocycles. The Morgan fingerprint density at radius 3 is 2.76 bits per heavy atom. The van der Waals surface area contributed by atoms with E-state index in [-0.39, 0.29) is 0 Å². The minimum Gasteiger partial charge on any atom is -0.342 e. The summed E-state index contributed by atoms with van der Waals surface area (Å²) in [6.07, 6.45) is 4.21. The number of amides is 1. The van der Waals surface area contributed by atoms with Crippen molar-refractivity contribution in [2.45, 2.75) is 38.5 Å². The van der Waals surface area contributed by atoms with Crippen molar-refractivity contribution < 1.29 is 4.79 Å². The van der Waals surface area contributed by atoms with Gasteiger partial charge in [0.25, 0.3) is 0 Å². The van der Waals surface area contributed by atoms with Gasteiger partial charge in [-0.05, 0) is 18.4 Å². The van der Waals surface area contributed by atoms with Crippen LogP contribution in [0.3, 0.4) is 0 Å². The zero-order chi connectivity index (χ0) is 12.1. The first-order valence-corrected chi connectivity index (χ1v) is 6.64. The van der Waals surface area contributed by atoms with Crippen molar-refractivity contribution in [1.82, 2.24) is 4.90 Å². The lowest BCUT2D eigenvalue weighted by atomic mass is 9.94. The van der Waals surface area contributed by atoms with Crippen molar-refractivity contribution in [1.29, 1.82) is 0 Å². The predicted molar refractivity (Wildman–Crippen MR) is 69.9 cm³/mol. The van der Waals surface area contributed by atoms with E-state index in [2.05, 4.69) is 30.3 Å². The van der Waals surface area contributed by atoms with Crippen molar-refractivity contribution in [2.24, 2.45) is 0 Å². The van der Waals surface area contributed by atoms with E-state index in [0.717, 1.165) is 19.5 Å². The molecule has 92 valence electrons. The number of benzene rings is 1. The van der Waals surface area contributed by atoms with E-state index in [1.165, 1.54) is 18.4 Å². The summed E-state index contributed by atoms with van der Waals surface area (Å²) < 4.78 is 0. The second-order valence-electron chi connectivity index (χ2n) is 4.80. The lowest BCUT2D eigenvalue weighted by molar-refractivity contribution is -0.130. The average Bonchev–Trinajstić information content (AvgIpc) is 2.64. The molecule has 2 rings (SSSR count). The third-order valence-electron chi connectivity index (χ3n) is 3.60. The van der Waals surface area contributed by atoms with Crippen molar-refractivity contribution >= 4 is 5.91 Å². The Bertz CT molecular complexity index is 360. The van der Waals surface area contributed by atoms with E-state index in [1.54, 1.807) is 0 Å². The maximum absolute atomic E-state index is 11.8. The molecular weight excluding hydrogens is 210 g/mol. The normalized spacial score (nSPS) is 21.0. The quantitative estimate of drug-likeness (QED) is 0.765. The molecule has 1 heterocycles. The van der Waals surface area contributed by atoms with Gasteiger partial charge in [-0.3, -0.25) is 4.79 Å². The molecule has 1 fully saturated rings. The number of likely N-dealkylation sites (tertiary alicyclic amines) is 1. The second kappa shape index (κ2) is 5.85. The van der Waals surface area contributed by atoms with Gasteiger partial charge < -0.3 is 4.90 Å². The Labute approximate surface area is 104 Å². The largest absolute Gasteiger partial charge is 0.342 e. The zero-order valence-electron chi connectivity index (χ0n) is 10.6. The highest BCUT2D eigenvalue weighted by Gasteiger charge is 2.21. The maximum Gasteiger partial charge on any atom is 0.222 e. The average molecular weight is 231 g/mol. The van der Waals surface area contributed by atoms with Gasteiger partial charge in [-0.1, -0.05) is 43.7 Å². The molecule has 0 spiro atoms. The molecule has 17 heavy (non-hydrogen) atoms. The molecule has 1 aliphatic heterocycles. The molecule has 0 bridgehead atoms. The molecule has 0 saturated carbocycles. The van der Waals surface area contributed by atoms with Crippen LogP contribution < -0.4 is 0 Å². The van der Waals surface area contributed by atoms with Gasteiger partial charge in [0.2, 0.25) is 5.91 Å². The van der Waals surface area contributed by atoms with Crippen LogP contribution in [0.25, 0.3) is 0 Å². The molecule has 2 heteroatoms. The fraction of sp³-hybridized carbons (Fsp3) is 0.533. The minimum absolute atomic E-state index is 0.299. The van der Waals surface area contributed by atoms with Crippen LogP contribution in [0.15, 0.2) is 30.3 Å². The van der Waals surface area contributed by atoms with Crippen molar-refractivity contribution in [3.05, 3.63) is 35.9 Å². The third-order valence-corrected chi connectivity index (χ3v) is 3.60. The summed E-state index contributed by atoms with van der Waals surface area (Å²) in [5.74, 6) is 0.821. The van der Waals surface area contributed by atoms with Crippen molar-refractivity contribution in [3.8, 4) is 0 Å². The van der Waals surface area contributed by atoms with Crippen molar-refractivity contribution in [3.63, 3.8) is 0 Å². The number of carbonyl (C=O) groups is 1. The molecule has 1 aromatic carbocycles. The molecular formula is C15H21NO. The molecule has 0 radical (unpaired) electrons. The smallest absolute Gasteiger partial charge is 0.222 e. The topological polar surface area (TPSA) is 20.3 Å². The van der Waals surface area contributed by atoms with Crippen LogP contribution in [0.5, 0.6) is 0 Å². The van der Waals surface area contributed by atoms with Crippen molar-refractivity contribution in [2.75, 3.05) is 13.1 Å². The predicted octanol–water partition coefficient (Wildman–Crippen LogP) is 3.19. The Kier molecular flexibility index (Phi) is 4.18. The first-order chi connectivity index (χ1) is 8.31. The zero-order valence-corrected chi connectivity index (χ0v) is 10.6. The van der Waals surface area contributed by atoms with Crippen LogP contribution in [0.2, 0.25) is 0 Å². The van der Waals surface area contributed by atoms with Crippen LogP contribution in [0.4, 0.5) is 0 Å². The van der Waals surface area contributed by atoms with Crippen LogP contribution in [0, 0.1) is 0 Å². The fourth-order valence-electron chi connectivity index (χ4n) is 2.59. The molecule has 1 atom stereocenters. The second-order valence-corrected chi connectivity index (χ2v) is 4.80. The Balaban J connectivity index is 2.10. The summed E-state index contributed by atoms with van der Waals surface area (Å²) >= 11 is 0. The Morgan fingerprint density at radius 2 is 2.06 bits per heavy atom. The van der Waals surface area contributed by atoms with Gasteiger partial charge in [-0.2, -0.15) is 0 Å². The SMILES string of the molecule is CCC(=O)N1CCCCC(c2ccccc2)C1. The van der Waals surface area contributed by atoms with Gasteiger partial charge >= 0.3 is 0 Å². The van der Waals surface area contributed by atoms with Gasteiger partial charge in [0, 0.05) is 25.4 Å². The molecule has 1 amide bonds. The number of nitrogens with zero attached hydrogens (tertiary/aromatic N) is 1. The van der Waals surface area contributed by atoms with E-state index < -0.39 is 0 Å². The van der Waals surface area contributed by atoms with E-state index in [4.69, 9.17) is 0 Å². The lowest BCUT2D eigenvalue weighted by Gasteiger charge is -2.24. The molecule has 1 unspecified atom stereocenters. The highest BCUT2D eigenvalue weighted by atomic mass is 16.2. The Morgan fingerprint density at radius 1 is 1.29 bits per heavy atom. The van der Waals surface area contributed by atoms with Gasteiger partial charge in [0.05, 0.1) is 0 Å². The molecule has 1 saturated heterocycles. The summed E-state index contributed by atoms with van der Waals surface area (Å²) in [5, 5.41) is 0. The van der Waals surface area contributed by atoms with Gasteiger partial charge in [0.15, 0.2) is 0 Å². The summed E-state index contributed by atoms with van der Waals surface area (Å²) in [6, 6.07) is 10.6. The van der Waals surface area contributed by atoms with Crippen LogP contribution in [0.1, 0.15) is 44.1 Å². The molecule has 1 aliphatic rings. The molecule has 2 nitrogen and oxygen atoms in total. The first kappa shape index (κ1) is 12.2. The highest BCUT2D eigenvalue weighted by molar-refractivity contribution is 5.75. The summed E-state index contributed by atoms with van der Waals surface area (Å²) in [5.41, 5.74) is 1.38. The van der Waals surface area contributed by atoms with E-state index >= 15 is 0 Å². The van der Waals surface area contributed by atoms with E-state index in [1.807, 2.05) is 11.8 Å². The minimum atomic E-state index is 0.299. The van der Waals surface area contributed by atoms with Crippen LogP contribution >= 0.6 is 0 Å². The van der Waals surface area contributed by atoms with Gasteiger partial charge in [-0.15, -0.1) is 0 Å². The van der Waals surface area contributed by atoms with Crippen LogP contribution in [-0.4, -0.2) is 23.9 Å². The van der Waals surface area contributed by atoms with Gasteiger partial charge in [0.1, 0.15) is 0 Å². The number of rotatable bonds is 2. The maximum atomic E-state index is 11.8. The Hall–Kier alpha value is -1.31. The third kappa shape index (κ3) is 3.09. The number of hydrogen-bond donors (Lipinski definition) is 0. The number of hydrogen-bond acceptors (Lipinski definition) is 1. The molecule has 0 aromatic heterocycles. The standard InChI is InChI=1S/C15H21NO/c1-2-15(17)16-11-7-6-10-14(12-16)13-8-4-3-5-9-13/h3-5,8-9,14H,2,6-7,10-12H2,1H3. The fourth-order valence-corrected chi connectivity index (χ4v) is 2.59. The number of carbonyl (C=O) groups excluding carboxylic acids is 1. The van der Waals surface area contributed by atoms with Crippen LogP contribution in [-0.2, 0) is 4.79 Å². The molecule has 1 aromatic rings. The highest BCUT2D eigenvalue weighted by Crippen LogP contribution is 2.26. The summed E-state index contributed by atoms with van der Waals surface area (Å²) in [7, 11) is 0. The summed E-state index contributed by atoms with van der Waals surface area (Å²) in [4.78, 5) is 13.9. The van der Waals surface area contributed by atoms with E-state index in [0.29, 0.717) is 18.2 Å². The first-order valence-electron chi connectivity index (χ1n) is 6.64. The van der Waals surface area contributed by atoms with E-state index in [9.17, 15) is 4.79 Å². The summed E-state index contributed by atoms with van der Waals surface area (Å²) in [6.45, 7) is 3.79.